The third-order valence-electron chi connectivity index (χ3n) is 3.64. The fourth-order valence-corrected chi connectivity index (χ4v) is 4.22. The van der Waals surface area contributed by atoms with Gasteiger partial charge in [-0.2, -0.15) is 5.26 Å². The van der Waals surface area contributed by atoms with E-state index in [1.807, 2.05) is 29.0 Å². The van der Waals surface area contributed by atoms with E-state index >= 15 is 0 Å². The number of ether oxygens (including phenoxy) is 2. The van der Waals surface area contributed by atoms with Crippen molar-refractivity contribution in [3.05, 3.63) is 58.3 Å². The Kier molecular flexibility index (Phi) is 6.42. The molecule has 1 aromatic carbocycles. The minimum atomic E-state index is -0.481. The van der Waals surface area contributed by atoms with Crippen molar-refractivity contribution in [3.8, 4) is 22.3 Å². The SMILES string of the molecule is CCOC(=O)c1c(-c2cccs2)csc1NC(=O)COc1cccc(C#N)c1. The van der Waals surface area contributed by atoms with Crippen molar-refractivity contribution < 1.29 is 19.1 Å². The largest absolute Gasteiger partial charge is 0.484 e. The Labute approximate surface area is 170 Å². The second-order valence-electron chi connectivity index (χ2n) is 5.53. The Morgan fingerprint density at radius 3 is 2.79 bits per heavy atom. The van der Waals surface area contributed by atoms with Crippen molar-refractivity contribution in [2.45, 2.75) is 6.92 Å². The molecule has 0 spiro atoms. The molecule has 0 fully saturated rings. The van der Waals surface area contributed by atoms with E-state index in [1.165, 1.54) is 22.7 Å². The van der Waals surface area contributed by atoms with Gasteiger partial charge in [0, 0.05) is 15.8 Å². The van der Waals surface area contributed by atoms with Crippen molar-refractivity contribution in [2.24, 2.45) is 0 Å². The molecule has 8 heteroatoms. The zero-order valence-electron chi connectivity index (χ0n) is 14.9. The maximum Gasteiger partial charge on any atom is 0.341 e. The summed E-state index contributed by atoms with van der Waals surface area (Å²) >= 11 is 2.76. The van der Waals surface area contributed by atoms with Crippen molar-refractivity contribution >= 4 is 39.6 Å². The first kappa shape index (κ1) is 19.6. The van der Waals surface area contributed by atoms with Crippen LogP contribution in [-0.4, -0.2) is 25.1 Å². The molecule has 0 aliphatic heterocycles. The van der Waals surface area contributed by atoms with Gasteiger partial charge in [-0.3, -0.25) is 4.79 Å². The average molecular weight is 412 g/mol. The molecule has 1 amide bonds. The molecule has 2 aromatic heterocycles. The van der Waals surface area contributed by atoms with Gasteiger partial charge in [-0.25, -0.2) is 4.79 Å². The highest BCUT2D eigenvalue weighted by molar-refractivity contribution is 7.17. The van der Waals surface area contributed by atoms with Gasteiger partial charge in [0.2, 0.25) is 0 Å². The fraction of sp³-hybridized carbons (Fsp3) is 0.150. The standard InChI is InChI=1S/C20H16N2O4S2/c1-2-25-20(24)18-15(16-7-4-8-27-16)12-28-19(18)22-17(23)11-26-14-6-3-5-13(9-14)10-21/h3-9,12H,2,11H2,1H3,(H,22,23). The number of hydrogen-bond acceptors (Lipinski definition) is 7. The van der Waals surface area contributed by atoms with E-state index in [4.69, 9.17) is 14.7 Å². The van der Waals surface area contributed by atoms with Crippen molar-refractivity contribution in [2.75, 3.05) is 18.5 Å². The normalized spacial score (nSPS) is 10.1. The molecule has 0 aliphatic rings. The van der Waals surface area contributed by atoms with Gasteiger partial charge < -0.3 is 14.8 Å². The third kappa shape index (κ3) is 4.57. The lowest BCUT2D eigenvalue weighted by molar-refractivity contribution is -0.118. The molecule has 142 valence electrons. The average Bonchev–Trinajstić information content (AvgIpc) is 3.36. The summed E-state index contributed by atoms with van der Waals surface area (Å²) in [5.74, 6) is -0.470. The number of nitriles is 1. The van der Waals surface area contributed by atoms with Crippen LogP contribution in [0.2, 0.25) is 0 Å². The van der Waals surface area contributed by atoms with Gasteiger partial charge in [0.15, 0.2) is 6.61 Å². The summed E-state index contributed by atoms with van der Waals surface area (Å²) in [5, 5.41) is 15.8. The maximum atomic E-state index is 12.4. The highest BCUT2D eigenvalue weighted by atomic mass is 32.1. The van der Waals surface area contributed by atoms with Gasteiger partial charge in [-0.05, 0) is 36.6 Å². The van der Waals surface area contributed by atoms with Crippen molar-refractivity contribution in [1.82, 2.24) is 0 Å². The van der Waals surface area contributed by atoms with Crippen LogP contribution in [0.1, 0.15) is 22.8 Å². The van der Waals surface area contributed by atoms with Gasteiger partial charge >= 0.3 is 5.97 Å². The first-order valence-corrected chi connectivity index (χ1v) is 10.1. The summed E-state index contributed by atoms with van der Waals surface area (Å²) in [5.41, 5.74) is 1.52. The molecule has 0 radical (unpaired) electrons. The number of nitrogens with one attached hydrogen (secondary N) is 1. The molecule has 0 aliphatic carbocycles. The Hall–Kier alpha value is -3.15. The molecule has 2 heterocycles. The number of anilines is 1. The fourth-order valence-electron chi connectivity index (χ4n) is 2.44. The van der Waals surface area contributed by atoms with Crippen LogP contribution in [0.5, 0.6) is 5.75 Å². The van der Waals surface area contributed by atoms with Crippen LogP contribution >= 0.6 is 22.7 Å². The number of hydrogen-bond donors (Lipinski definition) is 1. The van der Waals surface area contributed by atoms with Gasteiger partial charge in [0.25, 0.3) is 5.91 Å². The first-order valence-electron chi connectivity index (χ1n) is 8.37. The summed E-state index contributed by atoms with van der Waals surface area (Å²) in [4.78, 5) is 25.7. The van der Waals surface area contributed by atoms with Gasteiger partial charge in [0.05, 0.1) is 18.2 Å². The summed E-state index contributed by atoms with van der Waals surface area (Å²) < 4.78 is 10.6. The van der Waals surface area contributed by atoms with Gasteiger partial charge in [-0.1, -0.05) is 12.1 Å². The van der Waals surface area contributed by atoms with Crippen LogP contribution in [-0.2, 0) is 9.53 Å². The summed E-state index contributed by atoms with van der Waals surface area (Å²) in [6.07, 6.45) is 0. The summed E-state index contributed by atoms with van der Waals surface area (Å²) in [6, 6.07) is 12.4. The second kappa shape index (κ2) is 9.17. The molecule has 0 saturated carbocycles. The molecule has 28 heavy (non-hydrogen) atoms. The second-order valence-corrected chi connectivity index (χ2v) is 7.36. The van der Waals surface area contributed by atoms with Crippen LogP contribution in [0.3, 0.4) is 0 Å². The molecule has 0 unspecified atom stereocenters. The number of nitrogens with zero attached hydrogens (tertiary/aromatic N) is 1. The number of amides is 1. The minimum absolute atomic E-state index is 0.240. The molecular formula is C20H16N2O4S2. The molecule has 0 bridgehead atoms. The van der Waals surface area contributed by atoms with Crippen LogP contribution in [0.4, 0.5) is 5.00 Å². The number of benzene rings is 1. The smallest absolute Gasteiger partial charge is 0.341 e. The van der Waals surface area contributed by atoms with Gasteiger partial charge in [-0.15, -0.1) is 22.7 Å². The van der Waals surface area contributed by atoms with E-state index in [1.54, 1.807) is 31.2 Å². The topological polar surface area (TPSA) is 88.4 Å². The predicted octanol–water partition coefficient (Wildman–Crippen LogP) is 4.54. The molecular weight excluding hydrogens is 396 g/mol. The highest BCUT2D eigenvalue weighted by Gasteiger charge is 2.23. The molecule has 0 atom stereocenters. The number of esters is 1. The molecule has 0 saturated heterocycles. The minimum Gasteiger partial charge on any atom is -0.484 e. The number of rotatable bonds is 7. The van der Waals surface area contributed by atoms with Crippen LogP contribution < -0.4 is 10.1 Å². The predicted molar refractivity (Wildman–Crippen MR) is 109 cm³/mol. The number of thiophene rings is 2. The molecule has 1 N–H and O–H groups in total. The maximum absolute atomic E-state index is 12.4. The lowest BCUT2D eigenvalue weighted by atomic mass is 10.1. The van der Waals surface area contributed by atoms with E-state index in [0.717, 1.165) is 10.4 Å². The number of carbonyl (C=O) groups excluding carboxylic acids is 2. The van der Waals surface area contributed by atoms with Crippen LogP contribution in [0.15, 0.2) is 47.2 Å². The van der Waals surface area contributed by atoms with E-state index < -0.39 is 11.9 Å². The Morgan fingerprint density at radius 1 is 1.21 bits per heavy atom. The quantitative estimate of drug-likeness (QED) is 0.576. The zero-order valence-corrected chi connectivity index (χ0v) is 16.6. The monoisotopic (exact) mass is 412 g/mol. The molecule has 3 rings (SSSR count). The van der Waals surface area contributed by atoms with Crippen molar-refractivity contribution in [3.63, 3.8) is 0 Å². The van der Waals surface area contributed by atoms with Crippen LogP contribution in [0, 0.1) is 11.3 Å². The Morgan fingerprint density at radius 2 is 2.07 bits per heavy atom. The Balaban J connectivity index is 1.75. The zero-order chi connectivity index (χ0) is 19.9. The van der Waals surface area contributed by atoms with E-state index in [0.29, 0.717) is 21.9 Å². The molecule has 6 nitrogen and oxygen atoms in total. The molecule has 3 aromatic rings. The van der Waals surface area contributed by atoms with Crippen molar-refractivity contribution in [1.29, 1.82) is 5.26 Å². The van der Waals surface area contributed by atoms with E-state index in [9.17, 15) is 9.59 Å². The lowest BCUT2D eigenvalue weighted by Crippen LogP contribution is -2.21. The van der Waals surface area contributed by atoms with E-state index in [-0.39, 0.29) is 13.2 Å². The number of carbonyl (C=O) groups is 2. The Bertz CT molecular complexity index is 1020. The third-order valence-corrected chi connectivity index (χ3v) is 5.44. The summed E-state index contributed by atoms with van der Waals surface area (Å²) in [7, 11) is 0. The first-order chi connectivity index (χ1) is 13.6. The highest BCUT2D eigenvalue weighted by Crippen LogP contribution is 2.38. The summed E-state index contributed by atoms with van der Waals surface area (Å²) in [6.45, 7) is 1.73. The lowest BCUT2D eigenvalue weighted by Gasteiger charge is -2.09. The van der Waals surface area contributed by atoms with Crippen LogP contribution in [0.25, 0.3) is 10.4 Å². The van der Waals surface area contributed by atoms with E-state index in [2.05, 4.69) is 5.32 Å². The van der Waals surface area contributed by atoms with Gasteiger partial charge in [0.1, 0.15) is 16.3 Å².